The second-order valence-electron chi connectivity index (χ2n) is 6.70. The lowest BCUT2D eigenvalue weighted by atomic mass is 9.86. The van der Waals surface area contributed by atoms with Crippen LogP contribution in [0.15, 0.2) is 18.2 Å². The Hall–Kier alpha value is -1.10. The molecule has 0 saturated carbocycles. The third-order valence-corrected chi connectivity index (χ3v) is 5.42. The molecule has 2 rings (SSSR count). The minimum absolute atomic E-state index is 0.132. The molecule has 1 atom stereocenters. The lowest BCUT2D eigenvalue weighted by Crippen LogP contribution is -2.57. The summed E-state index contributed by atoms with van der Waals surface area (Å²) < 4.78 is 0. The molecule has 0 aromatic heterocycles. The van der Waals surface area contributed by atoms with E-state index in [4.69, 9.17) is 0 Å². The standard InChI is InChI=1S/C19H34N4/c1-6-7-8-9-15(2)16-10-11-17-18(14-16)23(22-5)13-12-19(17,20-3)21-4/h10-11,14-15,20-22H,6-9,12-13H2,1-5H3. The van der Waals surface area contributed by atoms with Crippen molar-refractivity contribution in [2.24, 2.45) is 0 Å². The number of nitrogens with zero attached hydrogens (tertiary/aromatic N) is 1. The van der Waals surface area contributed by atoms with Crippen LogP contribution in [0.3, 0.4) is 0 Å². The maximum Gasteiger partial charge on any atom is 0.0983 e. The van der Waals surface area contributed by atoms with Gasteiger partial charge in [-0.1, -0.05) is 45.2 Å². The summed E-state index contributed by atoms with van der Waals surface area (Å²) in [5, 5.41) is 9.25. The Morgan fingerprint density at radius 2 is 1.91 bits per heavy atom. The summed E-state index contributed by atoms with van der Waals surface area (Å²) in [5.74, 6) is 0.617. The van der Waals surface area contributed by atoms with Gasteiger partial charge in [0.05, 0.1) is 11.4 Å². The monoisotopic (exact) mass is 318 g/mol. The summed E-state index contributed by atoms with van der Waals surface area (Å²) in [5.41, 5.74) is 7.28. The van der Waals surface area contributed by atoms with E-state index in [-0.39, 0.29) is 5.66 Å². The van der Waals surface area contributed by atoms with Crippen molar-refractivity contribution in [2.45, 2.75) is 57.5 Å². The molecule has 23 heavy (non-hydrogen) atoms. The highest BCUT2D eigenvalue weighted by Gasteiger charge is 2.36. The summed E-state index contributed by atoms with van der Waals surface area (Å²) >= 11 is 0. The molecule has 1 aliphatic heterocycles. The van der Waals surface area contributed by atoms with E-state index in [1.165, 1.54) is 42.5 Å². The summed E-state index contributed by atoms with van der Waals surface area (Å²) in [6, 6.07) is 7.00. The van der Waals surface area contributed by atoms with Gasteiger partial charge < -0.3 is 5.01 Å². The van der Waals surface area contributed by atoms with Gasteiger partial charge in [0, 0.05) is 25.6 Å². The normalized spacial score (nSPS) is 17.9. The molecule has 1 unspecified atom stereocenters. The molecule has 1 aliphatic rings. The van der Waals surface area contributed by atoms with Gasteiger partial charge in [-0.2, -0.15) is 0 Å². The summed E-state index contributed by atoms with van der Waals surface area (Å²) in [4.78, 5) is 0. The number of unbranched alkanes of at least 4 members (excludes halogenated alkanes) is 2. The highest BCUT2D eigenvalue weighted by atomic mass is 15.5. The molecule has 3 N–H and O–H groups in total. The number of hydrazine groups is 1. The lowest BCUT2D eigenvalue weighted by Gasteiger charge is -2.44. The average Bonchev–Trinajstić information content (AvgIpc) is 2.60. The number of hydrogen-bond donors (Lipinski definition) is 3. The van der Waals surface area contributed by atoms with E-state index in [1.807, 2.05) is 21.1 Å². The minimum atomic E-state index is -0.132. The molecule has 0 aliphatic carbocycles. The molecule has 0 amide bonds. The van der Waals surface area contributed by atoms with Gasteiger partial charge in [-0.15, -0.1) is 0 Å². The van der Waals surface area contributed by atoms with E-state index < -0.39 is 0 Å². The van der Waals surface area contributed by atoms with Crippen LogP contribution < -0.4 is 21.1 Å². The maximum atomic E-state index is 3.49. The molecule has 1 heterocycles. The Bertz CT molecular complexity index is 496. The summed E-state index contributed by atoms with van der Waals surface area (Å²) in [7, 11) is 6.08. The first kappa shape index (κ1) is 18.2. The van der Waals surface area contributed by atoms with Crippen LogP contribution >= 0.6 is 0 Å². The minimum Gasteiger partial charge on any atom is -0.308 e. The van der Waals surface area contributed by atoms with Gasteiger partial charge in [-0.05, 0) is 38.1 Å². The molecule has 0 fully saturated rings. The fraction of sp³-hybridized carbons (Fsp3) is 0.684. The molecule has 0 spiro atoms. The molecule has 1 aromatic carbocycles. The van der Waals surface area contributed by atoms with E-state index >= 15 is 0 Å². The van der Waals surface area contributed by atoms with Gasteiger partial charge in [-0.25, -0.2) is 5.43 Å². The van der Waals surface area contributed by atoms with Crippen LogP contribution in [0.25, 0.3) is 0 Å². The van der Waals surface area contributed by atoms with Crippen molar-refractivity contribution in [1.82, 2.24) is 16.1 Å². The van der Waals surface area contributed by atoms with Crippen molar-refractivity contribution >= 4 is 5.69 Å². The SMILES string of the molecule is CCCCCC(C)c1ccc2c(c1)N(NC)CCC2(NC)NC. The van der Waals surface area contributed by atoms with Gasteiger partial charge in [0.2, 0.25) is 0 Å². The first-order valence-electron chi connectivity index (χ1n) is 9.09. The molecule has 0 saturated heterocycles. The number of fused-ring (bicyclic) bond motifs is 1. The summed E-state index contributed by atoms with van der Waals surface area (Å²) in [6.07, 6.45) is 6.24. The van der Waals surface area contributed by atoms with Crippen LogP contribution in [0.5, 0.6) is 0 Å². The molecular formula is C19H34N4. The molecule has 1 aromatic rings. The van der Waals surface area contributed by atoms with Crippen molar-refractivity contribution in [2.75, 3.05) is 32.7 Å². The van der Waals surface area contributed by atoms with Crippen molar-refractivity contribution in [3.8, 4) is 0 Å². The Balaban J connectivity index is 2.31. The Morgan fingerprint density at radius 1 is 1.17 bits per heavy atom. The number of anilines is 1. The van der Waals surface area contributed by atoms with Crippen LogP contribution in [0, 0.1) is 0 Å². The van der Waals surface area contributed by atoms with Gasteiger partial charge in [0.1, 0.15) is 0 Å². The predicted octanol–water partition coefficient (Wildman–Crippen LogP) is 3.31. The smallest absolute Gasteiger partial charge is 0.0983 e. The topological polar surface area (TPSA) is 39.3 Å². The third kappa shape index (κ3) is 3.70. The van der Waals surface area contributed by atoms with Gasteiger partial charge in [0.25, 0.3) is 0 Å². The zero-order valence-corrected chi connectivity index (χ0v) is 15.5. The van der Waals surface area contributed by atoms with E-state index in [1.54, 1.807) is 0 Å². The van der Waals surface area contributed by atoms with Crippen molar-refractivity contribution in [1.29, 1.82) is 0 Å². The Morgan fingerprint density at radius 3 is 2.52 bits per heavy atom. The van der Waals surface area contributed by atoms with E-state index in [2.05, 4.69) is 53.1 Å². The average molecular weight is 319 g/mol. The second-order valence-corrected chi connectivity index (χ2v) is 6.70. The number of benzene rings is 1. The van der Waals surface area contributed by atoms with Crippen LogP contribution in [-0.4, -0.2) is 27.7 Å². The Kier molecular flexibility index (Phi) is 6.45. The second kappa shape index (κ2) is 8.13. The van der Waals surface area contributed by atoms with Gasteiger partial charge in [0.15, 0.2) is 0 Å². The van der Waals surface area contributed by atoms with Crippen molar-refractivity contribution in [3.05, 3.63) is 29.3 Å². The number of rotatable bonds is 8. The third-order valence-electron chi connectivity index (χ3n) is 5.42. The van der Waals surface area contributed by atoms with Crippen molar-refractivity contribution in [3.63, 3.8) is 0 Å². The zero-order valence-electron chi connectivity index (χ0n) is 15.5. The fourth-order valence-electron chi connectivity index (χ4n) is 3.72. The van der Waals surface area contributed by atoms with Gasteiger partial charge in [-0.3, -0.25) is 10.6 Å². The molecule has 130 valence electrons. The summed E-state index contributed by atoms with van der Waals surface area (Å²) in [6.45, 7) is 5.61. The Labute approximate surface area is 142 Å². The number of nitrogens with one attached hydrogen (secondary N) is 3. The van der Waals surface area contributed by atoms with Crippen LogP contribution in [0.1, 0.15) is 63.0 Å². The molecule has 4 heteroatoms. The van der Waals surface area contributed by atoms with Crippen LogP contribution in [0.4, 0.5) is 5.69 Å². The number of hydrogen-bond acceptors (Lipinski definition) is 4. The molecular weight excluding hydrogens is 284 g/mol. The zero-order chi connectivity index (χ0) is 16.9. The highest BCUT2D eigenvalue weighted by Crippen LogP contribution is 2.38. The molecule has 4 nitrogen and oxygen atoms in total. The van der Waals surface area contributed by atoms with E-state index in [0.717, 1.165) is 13.0 Å². The van der Waals surface area contributed by atoms with Crippen LogP contribution in [-0.2, 0) is 5.66 Å². The van der Waals surface area contributed by atoms with E-state index in [0.29, 0.717) is 5.92 Å². The van der Waals surface area contributed by atoms with Crippen molar-refractivity contribution < 1.29 is 0 Å². The predicted molar refractivity (Wildman–Crippen MR) is 99.8 cm³/mol. The first-order valence-corrected chi connectivity index (χ1v) is 9.09. The van der Waals surface area contributed by atoms with E-state index in [9.17, 15) is 0 Å². The first-order chi connectivity index (χ1) is 11.1. The highest BCUT2D eigenvalue weighted by molar-refractivity contribution is 5.60. The fourth-order valence-corrected chi connectivity index (χ4v) is 3.72. The largest absolute Gasteiger partial charge is 0.308 e. The quantitative estimate of drug-likeness (QED) is 0.508. The lowest BCUT2D eigenvalue weighted by molar-refractivity contribution is 0.267. The van der Waals surface area contributed by atoms with Crippen LogP contribution in [0.2, 0.25) is 0 Å². The molecule has 0 bridgehead atoms. The maximum absolute atomic E-state index is 3.49. The molecule has 0 radical (unpaired) electrons. The van der Waals surface area contributed by atoms with Gasteiger partial charge >= 0.3 is 0 Å².